The lowest BCUT2D eigenvalue weighted by Gasteiger charge is -2.16. The van der Waals surface area contributed by atoms with E-state index in [1.54, 1.807) is 30.3 Å². The molecule has 1 unspecified atom stereocenters. The average Bonchev–Trinajstić information content (AvgIpc) is 2.44. The summed E-state index contributed by atoms with van der Waals surface area (Å²) in [4.78, 5) is 33.3. The van der Waals surface area contributed by atoms with Gasteiger partial charge in [0, 0.05) is 12.8 Å². The summed E-state index contributed by atoms with van der Waals surface area (Å²) < 4.78 is 25.0. The Morgan fingerprint density at radius 1 is 1.05 bits per heavy atom. The van der Waals surface area contributed by atoms with Gasteiger partial charge in [-0.1, -0.05) is 30.3 Å². The highest BCUT2D eigenvalue weighted by Gasteiger charge is 2.32. The number of hydrogen-bond acceptors (Lipinski definition) is 3. The SMILES string of the molecule is O=C(CC(C(=O)O)C(F)F)N[C@@H](Cc1ccccc1)C(=O)O. The molecule has 0 spiro atoms. The predicted molar refractivity (Wildman–Crippen MR) is 71.5 cm³/mol. The highest BCUT2D eigenvalue weighted by atomic mass is 19.3. The standard InChI is InChI=1S/C14H15F2NO5/c15-12(16)9(13(19)20)7-11(18)17-10(14(21)22)6-8-4-2-1-3-5-8/h1-5,9-10,12H,6-7H2,(H,17,18)(H,19,20)(H,21,22)/t9?,10-/m0/s1. The van der Waals surface area contributed by atoms with Crippen LogP contribution in [0.1, 0.15) is 12.0 Å². The summed E-state index contributed by atoms with van der Waals surface area (Å²) in [5.41, 5.74) is 0.638. The highest BCUT2D eigenvalue weighted by Crippen LogP contribution is 2.14. The average molecular weight is 315 g/mol. The van der Waals surface area contributed by atoms with Gasteiger partial charge < -0.3 is 15.5 Å². The maximum Gasteiger partial charge on any atom is 0.326 e. The number of nitrogens with one attached hydrogen (secondary N) is 1. The van der Waals surface area contributed by atoms with Crippen molar-refractivity contribution in [2.24, 2.45) is 5.92 Å². The molecule has 0 saturated carbocycles. The lowest BCUT2D eigenvalue weighted by Crippen LogP contribution is -2.43. The van der Waals surface area contributed by atoms with Crippen LogP contribution in [-0.4, -0.2) is 40.5 Å². The molecule has 6 nitrogen and oxygen atoms in total. The molecule has 3 N–H and O–H groups in total. The lowest BCUT2D eigenvalue weighted by molar-refractivity contribution is -0.150. The van der Waals surface area contributed by atoms with Crippen molar-refractivity contribution in [2.75, 3.05) is 0 Å². The van der Waals surface area contributed by atoms with Gasteiger partial charge in [-0.05, 0) is 5.56 Å². The van der Waals surface area contributed by atoms with Crippen molar-refractivity contribution in [3.8, 4) is 0 Å². The van der Waals surface area contributed by atoms with E-state index in [0.29, 0.717) is 5.56 Å². The van der Waals surface area contributed by atoms with Gasteiger partial charge in [0.2, 0.25) is 5.91 Å². The fourth-order valence-corrected chi connectivity index (χ4v) is 1.79. The van der Waals surface area contributed by atoms with Gasteiger partial charge in [-0.2, -0.15) is 0 Å². The molecule has 1 rings (SSSR count). The first-order chi connectivity index (χ1) is 10.3. The molecule has 0 aliphatic rings. The molecular weight excluding hydrogens is 300 g/mol. The van der Waals surface area contributed by atoms with E-state index in [1.807, 2.05) is 0 Å². The Morgan fingerprint density at radius 2 is 1.64 bits per heavy atom. The molecule has 0 fully saturated rings. The molecule has 0 aliphatic carbocycles. The Hall–Kier alpha value is -2.51. The fourth-order valence-electron chi connectivity index (χ4n) is 1.79. The van der Waals surface area contributed by atoms with Crippen molar-refractivity contribution < 1.29 is 33.4 Å². The van der Waals surface area contributed by atoms with Crippen LogP contribution in [-0.2, 0) is 20.8 Å². The molecule has 120 valence electrons. The number of carboxylic acids is 2. The van der Waals surface area contributed by atoms with Crippen molar-refractivity contribution in [3.63, 3.8) is 0 Å². The summed E-state index contributed by atoms with van der Waals surface area (Å²) in [5, 5.41) is 19.7. The summed E-state index contributed by atoms with van der Waals surface area (Å²) in [6.07, 6.45) is -4.22. The van der Waals surface area contributed by atoms with Crippen LogP contribution in [0.3, 0.4) is 0 Å². The van der Waals surface area contributed by atoms with Gasteiger partial charge in [-0.15, -0.1) is 0 Å². The number of hydrogen-bond donors (Lipinski definition) is 3. The zero-order valence-corrected chi connectivity index (χ0v) is 11.4. The molecule has 2 atom stereocenters. The quantitative estimate of drug-likeness (QED) is 0.668. The van der Waals surface area contributed by atoms with Gasteiger partial charge in [0.05, 0.1) is 0 Å². The zero-order valence-electron chi connectivity index (χ0n) is 11.4. The van der Waals surface area contributed by atoms with Crippen molar-refractivity contribution in [1.29, 1.82) is 0 Å². The fraction of sp³-hybridized carbons (Fsp3) is 0.357. The summed E-state index contributed by atoms with van der Waals surface area (Å²) in [6, 6.07) is 7.10. The van der Waals surface area contributed by atoms with Crippen LogP contribution in [0.2, 0.25) is 0 Å². The molecule has 0 saturated heterocycles. The predicted octanol–water partition coefficient (Wildman–Crippen LogP) is 1.15. The largest absolute Gasteiger partial charge is 0.481 e. The number of halogens is 2. The summed E-state index contributed by atoms with van der Waals surface area (Å²) >= 11 is 0. The van der Waals surface area contributed by atoms with E-state index in [4.69, 9.17) is 10.2 Å². The number of alkyl halides is 2. The molecule has 1 amide bonds. The van der Waals surface area contributed by atoms with E-state index in [-0.39, 0.29) is 6.42 Å². The van der Waals surface area contributed by atoms with E-state index >= 15 is 0 Å². The molecule has 0 aromatic heterocycles. The van der Waals surface area contributed by atoms with Crippen molar-refractivity contribution >= 4 is 17.8 Å². The van der Waals surface area contributed by atoms with E-state index < -0.39 is 42.7 Å². The second-order valence-electron chi connectivity index (χ2n) is 4.63. The van der Waals surface area contributed by atoms with Crippen LogP contribution in [0.4, 0.5) is 8.78 Å². The minimum absolute atomic E-state index is 0.0334. The monoisotopic (exact) mass is 315 g/mol. The number of carbonyl (C=O) groups is 3. The first kappa shape index (κ1) is 17.5. The molecule has 8 heteroatoms. The van der Waals surface area contributed by atoms with E-state index in [1.165, 1.54) is 0 Å². The van der Waals surface area contributed by atoms with E-state index in [2.05, 4.69) is 5.32 Å². The molecule has 1 aromatic rings. The zero-order chi connectivity index (χ0) is 16.7. The maximum atomic E-state index is 12.5. The van der Waals surface area contributed by atoms with Crippen LogP contribution in [0.5, 0.6) is 0 Å². The van der Waals surface area contributed by atoms with Gasteiger partial charge in [0.25, 0.3) is 6.43 Å². The third-order valence-corrected chi connectivity index (χ3v) is 2.94. The van der Waals surface area contributed by atoms with Crippen molar-refractivity contribution in [1.82, 2.24) is 5.32 Å². The Balaban J connectivity index is 2.68. The van der Waals surface area contributed by atoms with E-state index in [0.717, 1.165) is 0 Å². The Morgan fingerprint density at radius 3 is 2.09 bits per heavy atom. The molecule has 1 aromatic carbocycles. The number of carboxylic acid groups (broad SMARTS) is 2. The first-order valence-electron chi connectivity index (χ1n) is 6.38. The van der Waals surface area contributed by atoms with Crippen molar-refractivity contribution in [2.45, 2.75) is 25.3 Å². The normalized spacial score (nSPS) is 13.4. The minimum atomic E-state index is -3.21. The van der Waals surface area contributed by atoms with Gasteiger partial charge in [-0.3, -0.25) is 9.59 Å². The summed E-state index contributed by atoms with van der Waals surface area (Å²) in [6.45, 7) is 0. The maximum absolute atomic E-state index is 12.5. The Bertz CT molecular complexity index is 535. The molecule has 22 heavy (non-hydrogen) atoms. The number of amides is 1. The minimum Gasteiger partial charge on any atom is -0.481 e. The molecule has 0 bridgehead atoms. The lowest BCUT2D eigenvalue weighted by atomic mass is 10.0. The third kappa shape index (κ3) is 5.47. The molecule has 0 heterocycles. The van der Waals surface area contributed by atoms with Gasteiger partial charge in [-0.25, -0.2) is 13.6 Å². The second-order valence-corrected chi connectivity index (χ2v) is 4.63. The number of carbonyl (C=O) groups excluding carboxylic acids is 1. The van der Waals surface area contributed by atoms with Gasteiger partial charge in [0.1, 0.15) is 12.0 Å². The van der Waals surface area contributed by atoms with Gasteiger partial charge >= 0.3 is 11.9 Å². The van der Waals surface area contributed by atoms with Crippen LogP contribution in [0.15, 0.2) is 30.3 Å². The number of benzene rings is 1. The summed E-state index contributed by atoms with van der Waals surface area (Å²) in [5.74, 6) is -6.34. The molecule has 0 aliphatic heterocycles. The first-order valence-corrected chi connectivity index (χ1v) is 6.38. The topological polar surface area (TPSA) is 104 Å². The number of aliphatic carboxylic acids is 2. The molecular formula is C14H15F2NO5. The van der Waals surface area contributed by atoms with E-state index in [9.17, 15) is 23.2 Å². The van der Waals surface area contributed by atoms with Crippen LogP contribution in [0, 0.1) is 5.92 Å². The second kappa shape index (κ2) is 8.06. The Labute approximate surface area is 124 Å². The van der Waals surface area contributed by atoms with Gasteiger partial charge in [0.15, 0.2) is 0 Å². The Kier molecular flexibility index (Phi) is 6.43. The van der Waals surface area contributed by atoms with Crippen LogP contribution >= 0.6 is 0 Å². The highest BCUT2D eigenvalue weighted by molar-refractivity contribution is 5.86. The molecule has 0 radical (unpaired) electrons. The number of rotatable bonds is 8. The van der Waals surface area contributed by atoms with Crippen LogP contribution in [0.25, 0.3) is 0 Å². The third-order valence-electron chi connectivity index (χ3n) is 2.94. The van der Waals surface area contributed by atoms with Crippen LogP contribution < -0.4 is 5.32 Å². The van der Waals surface area contributed by atoms with Crippen molar-refractivity contribution in [3.05, 3.63) is 35.9 Å². The smallest absolute Gasteiger partial charge is 0.326 e. The summed E-state index contributed by atoms with van der Waals surface area (Å²) in [7, 11) is 0.